The van der Waals surface area contributed by atoms with E-state index >= 15 is 0 Å². The number of hydrogen-bond donors (Lipinski definition) is 3. The maximum Gasteiger partial charge on any atom is 0.326 e. The first-order chi connectivity index (χ1) is 13.3. The topological polar surface area (TPSA) is 113 Å². The van der Waals surface area contributed by atoms with Crippen LogP contribution in [0.3, 0.4) is 0 Å². The molecule has 2 aromatic rings. The van der Waals surface area contributed by atoms with Crippen LogP contribution in [0.25, 0.3) is 0 Å². The molecule has 0 unspecified atom stereocenters. The Morgan fingerprint density at radius 1 is 1.25 bits per heavy atom. The Bertz CT molecular complexity index is 831. The molecule has 0 aliphatic rings. The first kappa shape index (κ1) is 21.9. The molecule has 2 rings (SSSR count). The van der Waals surface area contributed by atoms with Crippen molar-refractivity contribution in [2.75, 3.05) is 6.61 Å². The monoisotopic (exact) mass is 452 g/mol. The van der Waals surface area contributed by atoms with Gasteiger partial charge in [0, 0.05) is 22.2 Å². The van der Waals surface area contributed by atoms with Gasteiger partial charge in [-0.25, -0.2) is 0 Å². The molecule has 0 saturated heterocycles. The normalized spacial score (nSPS) is 11.6. The Morgan fingerprint density at radius 2 is 1.89 bits per heavy atom. The third-order valence-electron chi connectivity index (χ3n) is 5.13. The molecule has 0 radical (unpaired) electrons. The molecule has 0 aliphatic heterocycles. The van der Waals surface area contributed by atoms with Crippen LogP contribution in [0.1, 0.15) is 43.5 Å². The highest BCUT2D eigenvalue weighted by atomic mass is 79.9. The second-order valence-electron chi connectivity index (χ2n) is 6.85. The van der Waals surface area contributed by atoms with E-state index in [9.17, 15) is 19.8 Å². The fraction of sp³-hybridized carbons (Fsp3) is 0.450. The zero-order chi connectivity index (χ0) is 20.9. The van der Waals surface area contributed by atoms with Crippen LogP contribution in [0.4, 0.5) is 0 Å². The number of aryl methyl sites for hydroxylation is 1. The van der Waals surface area contributed by atoms with Gasteiger partial charge in [0.25, 0.3) is 0 Å². The number of hydrogen-bond acceptors (Lipinski definition) is 4. The van der Waals surface area contributed by atoms with Crippen LogP contribution < -0.4 is 4.74 Å². The summed E-state index contributed by atoms with van der Waals surface area (Å²) in [5, 5.41) is 26.3. The molecule has 1 heterocycles. The Morgan fingerprint density at radius 3 is 2.39 bits per heavy atom. The average molecular weight is 453 g/mol. The largest absolute Gasteiger partial charge is 0.493 e. The number of carboxylic acids is 2. The lowest BCUT2D eigenvalue weighted by Gasteiger charge is -2.26. The summed E-state index contributed by atoms with van der Waals surface area (Å²) in [4.78, 5) is 24.4. The van der Waals surface area contributed by atoms with Gasteiger partial charge in [0.15, 0.2) is 5.41 Å². The van der Waals surface area contributed by atoms with Gasteiger partial charge in [-0.15, -0.1) is 0 Å². The van der Waals surface area contributed by atoms with Crippen LogP contribution in [0.2, 0.25) is 0 Å². The lowest BCUT2D eigenvalue weighted by molar-refractivity contribution is -0.157. The second-order valence-corrected chi connectivity index (χ2v) is 7.76. The van der Waals surface area contributed by atoms with Gasteiger partial charge in [-0.1, -0.05) is 42.6 Å². The lowest BCUT2D eigenvalue weighted by Crippen LogP contribution is -2.46. The quantitative estimate of drug-likeness (QED) is 0.470. The van der Waals surface area contributed by atoms with Crippen molar-refractivity contribution in [3.8, 4) is 5.75 Å². The smallest absolute Gasteiger partial charge is 0.326 e. The number of carbonyl (C=O) groups is 2. The third-order valence-corrected chi connectivity index (χ3v) is 5.62. The SMILES string of the molecule is CCC(CC)COc1ccc(Br)cc1CC(C(=O)O)(C(=O)O)c1cn[nH]c1C. The highest BCUT2D eigenvalue weighted by Gasteiger charge is 2.50. The summed E-state index contributed by atoms with van der Waals surface area (Å²) in [6, 6.07) is 5.23. The van der Waals surface area contributed by atoms with Crippen molar-refractivity contribution in [2.45, 2.75) is 45.4 Å². The minimum absolute atomic E-state index is 0.124. The van der Waals surface area contributed by atoms with Crippen molar-refractivity contribution < 1.29 is 24.5 Å². The predicted molar refractivity (Wildman–Crippen MR) is 108 cm³/mol. The molecular formula is C20H25BrN2O5. The van der Waals surface area contributed by atoms with E-state index < -0.39 is 17.4 Å². The molecule has 7 nitrogen and oxygen atoms in total. The Balaban J connectivity index is 2.50. The molecule has 1 aromatic carbocycles. The average Bonchev–Trinajstić information content (AvgIpc) is 3.07. The molecule has 0 bridgehead atoms. The van der Waals surface area contributed by atoms with E-state index in [-0.39, 0.29) is 12.0 Å². The summed E-state index contributed by atoms with van der Waals surface area (Å²) in [7, 11) is 0. The molecule has 28 heavy (non-hydrogen) atoms. The molecule has 152 valence electrons. The third kappa shape index (κ3) is 4.38. The van der Waals surface area contributed by atoms with Crippen molar-refractivity contribution in [3.05, 3.63) is 45.7 Å². The van der Waals surface area contributed by atoms with Gasteiger partial charge in [0.1, 0.15) is 5.75 Å². The number of aromatic amines is 1. The number of ether oxygens (including phenoxy) is 1. The molecule has 0 aliphatic carbocycles. The van der Waals surface area contributed by atoms with Crippen molar-refractivity contribution >= 4 is 27.9 Å². The molecular weight excluding hydrogens is 428 g/mol. The number of aromatic nitrogens is 2. The number of carboxylic acid groups (broad SMARTS) is 2. The summed E-state index contributed by atoms with van der Waals surface area (Å²) in [5.74, 6) is -2.04. The second kappa shape index (κ2) is 9.23. The Hall–Kier alpha value is -2.35. The highest BCUT2D eigenvalue weighted by molar-refractivity contribution is 9.10. The fourth-order valence-electron chi connectivity index (χ4n) is 3.19. The summed E-state index contributed by atoms with van der Waals surface area (Å²) >= 11 is 3.38. The van der Waals surface area contributed by atoms with Crippen LogP contribution in [0, 0.1) is 12.8 Å². The summed E-state index contributed by atoms with van der Waals surface area (Å²) in [5.41, 5.74) is -1.14. The summed E-state index contributed by atoms with van der Waals surface area (Å²) in [6.07, 6.45) is 2.92. The number of halogens is 1. The van der Waals surface area contributed by atoms with E-state index in [1.54, 1.807) is 25.1 Å². The predicted octanol–water partition coefficient (Wildman–Crippen LogP) is 3.95. The molecule has 0 fully saturated rings. The van der Waals surface area contributed by atoms with Crippen molar-refractivity contribution in [1.29, 1.82) is 0 Å². The first-order valence-corrected chi connectivity index (χ1v) is 9.93. The van der Waals surface area contributed by atoms with Gasteiger partial charge in [-0.2, -0.15) is 5.10 Å². The van der Waals surface area contributed by atoms with Gasteiger partial charge in [-0.3, -0.25) is 14.7 Å². The van der Waals surface area contributed by atoms with Gasteiger partial charge in [0.05, 0.1) is 12.8 Å². The summed E-state index contributed by atoms with van der Waals surface area (Å²) < 4.78 is 6.67. The molecule has 0 saturated carbocycles. The highest BCUT2D eigenvalue weighted by Crippen LogP contribution is 2.35. The van der Waals surface area contributed by atoms with E-state index in [1.165, 1.54) is 6.20 Å². The Kier molecular flexibility index (Phi) is 7.23. The van der Waals surface area contributed by atoms with E-state index in [1.807, 2.05) is 0 Å². The van der Waals surface area contributed by atoms with Gasteiger partial charge >= 0.3 is 11.9 Å². The number of rotatable bonds is 10. The molecule has 0 amide bonds. The number of H-pyrrole nitrogens is 1. The fourth-order valence-corrected chi connectivity index (χ4v) is 3.60. The standard InChI is InChI=1S/C20H25BrN2O5/c1-4-13(5-2)11-28-17-7-6-15(21)8-14(17)9-20(18(24)25,19(26)27)16-10-22-23-12(16)3/h6-8,10,13H,4-5,9,11H2,1-3H3,(H,22,23)(H,24,25)(H,26,27). The zero-order valence-corrected chi connectivity index (χ0v) is 17.7. The number of nitrogens with zero attached hydrogens (tertiary/aromatic N) is 1. The molecule has 0 atom stereocenters. The van der Waals surface area contributed by atoms with Crippen molar-refractivity contribution in [1.82, 2.24) is 10.2 Å². The van der Waals surface area contributed by atoms with Crippen LogP contribution in [-0.2, 0) is 21.4 Å². The first-order valence-electron chi connectivity index (χ1n) is 9.14. The number of aliphatic carboxylic acids is 2. The van der Waals surface area contributed by atoms with Crippen LogP contribution in [0.15, 0.2) is 28.9 Å². The van der Waals surface area contributed by atoms with Crippen molar-refractivity contribution in [2.24, 2.45) is 5.92 Å². The van der Waals surface area contributed by atoms with Crippen LogP contribution in [-0.4, -0.2) is 39.0 Å². The van der Waals surface area contributed by atoms with Gasteiger partial charge in [0.2, 0.25) is 0 Å². The Labute approximate surface area is 172 Å². The lowest BCUT2D eigenvalue weighted by atomic mass is 9.75. The summed E-state index contributed by atoms with van der Waals surface area (Å²) in [6.45, 7) is 6.26. The van der Waals surface area contributed by atoms with Gasteiger partial charge < -0.3 is 14.9 Å². The zero-order valence-electron chi connectivity index (χ0n) is 16.2. The minimum Gasteiger partial charge on any atom is -0.493 e. The van der Waals surface area contributed by atoms with Crippen molar-refractivity contribution in [3.63, 3.8) is 0 Å². The van der Waals surface area contributed by atoms with Crippen LogP contribution in [0.5, 0.6) is 5.75 Å². The maximum absolute atomic E-state index is 12.2. The molecule has 8 heteroatoms. The van der Waals surface area contributed by atoms with Gasteiger partial charge in [-0.05, 0) is 36.6 Å². The van der Waals surface area contributed by atoms with E-state index in [0.29, 0.717) is 34.0 Å². The minimum atomic E-state index is -2.18. The number of nitrogens with one attached hydrogen (secondary N) is 1. The molecule has 1 aromatic heterocycles. The maximum atomic E-state index is 12.2. The van der Waals surface area contributed by atoms with E-state index in [2.05, 4.69) is 40.0 Å². The van der Waals surface area contributed by atoms with Crippen LogP contribution >= 0.6 is 15.9 Å². The number of benzene rings is 1. The molecule has 3 N–H and O–H groups in total. The van der Waals surface area contributed by atoms with E-state index in [4.69, 9.17) is 4.74 Å². The molecule has 0 spiro atoms. The van der Waals surface area contributed by atoms with E-state index in [0.717, 1.165) is 12.8 Å².